The van der Waals surface area contributed by atoms with Gasteiger partial charge in [-0.1, -0.05) is 23.4 Å². The van der Waals surface area contributed by atoms with Crippen LogP contribution in [0.3, 0.4) is 0 Å². The predicted octanol–water partition coefficient (Wildman–Crippen LogP) is 2.58. The second-order valence-corrected chi connectivity index (χ2v) is 7.11. The zero-order chi connectivity index (χ0) is 18.0. The third-order valence-corrected chi connectivity index (χ3v) is 4.79. The lowest BCUT2D eigenvalue weighted by Crippen LogP contribution is -2.14. The van der Waals surface area contributed by atoms with Crippen molar-refractivity contribution in [2.45, 2.75) is 25.3 Å². The Morgan fingerprint density at radius 1 is 1.16 bits per heavy atom. The zero-order valence-electron chi connectivity index (χ0n) is 13.8. The van der Waals surface area contributed by atoms with Gasteiger partial charge in [-0.2, -0.15) is 4.98 Å². The van der Waals surface area contributed by atoms with E-state index in [4.69, 9.17) is 14.4 Å². The second kappa shape index (κ2) is 6.66. The molecule has 0 saturated heterocycles. The van der Waals surface area contributed by atoms with Crippen LogP contribution >= 0.6 is 0 Å². The molecule has 0 radical (unpaired) electrons. The van der Waals surface area contributed by atoms with Crippen molar-refractivity contribution in [2.24, 2.45) is 5.14 Å². The van der Waals surface area contributed by atoms with E-state index in [0.717, 1.165) is 5.56 Å². The first-order valence-corrected chi connectivity index (χ1v) is 9.04. The Hall–Kier alpha value is -2.71. The maximum Gasteiger partial charge on any atom is 0.258 e. The fourth-order valence-corrected chi connectivity index (χ4v) is 3.22. The molecule has 0 unspecified atom stereocenters. The van der Waals surface area contributed by atoms with Gasteiger partial charge in [-0.25, -0.2) is 13.6 Å². The summed E-state index contributed by atoms with van der Waals surface area (Å²) in [6, 6.07) is 12.5. The van der Waals surface area contributed by atoms with E-state index in [1.807, 2.05) is 30.3 Å². The minimum absolute atomic E-state index is 0.0442. The van der Waals surface area contributed by atoms with Crippen molar-refractivity contribution in [3.63, 3.8) is 0 Å². The quantitative estimate of drug-likeness (QED) is 0.750. The van der Waals surface area contributed by atoms with Gasteiger partial charge in [0.1, 0.15) is 5.75 Å². The summed E-state index contributed by atoms with van der Waals surface area (Å²) in [4.78, 5) is 4.30. The summed E-state index contributed by atoms with van der Waals surface area (Å²) in [5, 5.41) is 9.14. The van der Waals surface area contributed by atoms with Gasteiger partial charge in [-0.05, 0) is 49.2 Å². The minimum Gasteiger partial charge on any atom is -0.485 e. The van der Waals surface area contributed by atoms with Crippen LogP contribution in [0.5, 0.6) is 5.75 Å². The molecule has 0 fully saturated rings. The molecule has 2 N–H and O–H groups in total. The Labute approximate surface area is 145 Å². The van der Waals surface area contributed by atoms with Crippen LogP contribution in [0.15, 0.2) is 51.9 Å². The molecule has 130 valence electrons. The molecule has 0 amide bonds. The van der Waals surface area contributed by atoms with Gasteiger partial charge in [0.25, 0.3) is 5.89 Å². The SMILES string of the molecule is Cc1cc(-c2nc(COc3ccccc3)no2)cc(S(N)(=O)=O)c1C. The second-order valence-electron chi connectivity index (χ2n) is 5.58. The van der Waals surface area contributed by atoms with Crippen LogP contribution in [0.2, 0.25) is 0 Å². The van der Waals surface area contributed by atoms with Crippen LogP contribution < -0.4 is 9.88 Å². The molecule has 0 atom stereocenters. The number of aryl methyl sites for hydroxylation is 1. The Balaban J connectivity index is 1.86. The minimum atomic E-state index is -3.84. The fraction of sp³-hybridized carbons (Fsp3) is 0.176. The molecule has 0 spiro atoms. The summed E-state index contributed by atoms with van der Waals surface area (Å²) in [6.07, 6.45) is 0. The van der Waals surface area contributed by atoms with E-state index < -0.39 is 10.0 Å². The summed E-state index contributed by atoms with van der Waals surface area (Å²) in [7, 11) is -3.84. The number of benzene rings is 2. The Bertz CT molecular complexity index is 998. The number of hydrogen-bond acceptors (Lipinski definition) is 6. The summed E-state index contributed by atoms with van der Waals surface area (Å²) in [5.41, 5.74) is 1.85. The number of nitrogens with zero attached hydrogens (tertiary/aromatic N) is 2. The van der Waals surface area contributed by atoms with E-state index >= 15 is 0 Å². The molecule has 1 heterocycles. The molecule has 0 aliphatic heterocycles. The number of aromatic nitrogens is 2. The smallest absolute Gasteiger partial charge is 0.258 e. The molecule has 0 saturated carbocycles. The third kappa shape index (κ3) is 3.86. The van der Waals surface area contributed by atoms with Gasteiger partial charge in [0.05, 0.1) is 4.90 Å². The van der Waals surface area contributed by atoms with Gasteiger partial charge in [-0.3, -0.25) is 0 Å². The average molecular weight is 359 g/mol. The number of nitrogens with two attached hydrogens (primary N) is 1. The van der Waals surface area contributed by atoms with Gasteiger partial charge in [-0.15, -0.1) is 0 Å². The van der Waals surface area contributed by atoms with Crippen LogP contribution in [0.4, 0.5) is 0 Å². The Morgan fingerprint density at radius 2 is 1.88 bits per heavy atom. The highest BCUT2D eigenvalue weighted by Crippen LogP contribution is 2.26. The normalized spacial score (nSPS) is 11.5. The van der Waals surface area contributed by atoms with Gasteiger partial charge in [0, 0.05) is 5.56 Å². The van der Waals surface area contributed by atoms with Crippen molar-refractivity contribution in [1.82, 2.24) is 10.1 Å². The average Bonchev–Trinajstić information content (AvgIpc) is 3.04. The predicted molar refractivity (Wildman–Crippen MR) is 91.4 cm³/mol. The van der Waals surface area contributed by atoms with Crippen molar-refractivity contribution in [2.75, 3.05) is 0 Å². The highest BCUT2D eigenvalue weighted by atomic mass is 32.2. The van der Waals surface area contributed by atoms with Crippen LogP contribution in [0.1, 0.15) is 17.0 Å². The van der Waals surface area contributed by atoms with E-state index in [-0.39, 0.29) is 17.4 Å². The first-order chi connectivity index (χ1) is 11.8. The molecule has 8 heteroatoms. The zero-order valence-corrected chi connectivity index (χ0v) is 14.6. The van der Waals surface area contributed by atoms with E-state index in [1.54, 1.807) is 19.9 Å². The van der Waals surface area contributed by atoms with Gasteiger partial charge < -0.3 is 9.26 Å². The molecule has 3 aromatic rings. The van der Waals surface area contributed by atoms with E-state index in [1.165, 1.54) is 6.07 Å². The Kier molecular flexibility index (Phi) is 4.56. The van der Waals surface area contributed by atoms with Crippen molar-refractivity contribution in [1.29, 1.82) is 0 Å². The van der Waals surface area contributed by atoms with Crippen LogP contribution in [0.25, 0.3) is 11.5 Å². The third-order valence-electron chi connectivity index (χ3n) is 3.75. The van der Waals surface area contributed by atoms with Crippen molar-refractivity contribution < 1.29 is 17.7 Å². The topological polar surface area (TPSA) is 108 Å². The van der Waals surface area contributed by atoms with Crippen LogP contribution in [0, 0.1) is 13.8 Å². The largest absolute Gasteiger partial charge is 0.485 e. The van der Waals surface area contributed by atoms with E-state index in [0.29, 0.717) is 22.7 Å². The van der Waals surface area contributed by atoms with Gasteiger partial charge in [0.2, 0.25) is 15.8 Å². The fourth-order valence-electron chi connectivity index (χ4n) is 2.34. The molecule has 7 nitrogen and oxygen atoms in total. The summed E-state index contributed by atoms with van der Waals surface area (Å²) >= 11 is 0. The van der Waals surface area contributed by atoms with Gasteiger partial charge >= 0.3 is 0 Å². The molecule has 0 aliphatic carbocycles. The van der Waals surface area contributed by atoms with Crippen molar-refractivity contribution in [3.05, 3.63) is 59.4 Å². The highest BCUT2D eigenvalue weighted by Gasteiger charge is 2.18. The number of primary sulfonamides is 1. The molecule has 2 aromatic carbocycles. The standard InChI is InChI=1S/C17H17N3O4S/c1-11-8-13(9-15(12(11)2)25(18,21)22)17-19-16(20-24-17)10-23-14-6-4-3-5-7-14/h3-9H,10H2,1-2H3,(H2,18,21,22). The monoisotopic (exact) mass is 359 g/mol. The number of para-hydroxylation sites is 1. The maximum absolute atomic E-state index is 11.7. The lowest BCUT2D eigenvalue weighted by Gasteiger charge is -2.08. The highest BCUT2D eigenvalue weighted by molar-refractivity contribution is 7.89. The number of hydrogen-bond donors (Lipinski definition) is 1. The molecule has 0 aliphatic rings. The van der Waals surface area contributed by atoms with Crippen molar-refractivity contribution >= 4 is 10.0 Å². The molecular formula is C17H17N3O4S. The summed E-state index contributed by atoms with van der Waals surface area (Å²) in [6.45, 7) is 3.63. The first kappa shape index (κ1) is 17.1. The van der Waals surface area contributed by atoms with Crippen molar-refractivity contribution in [3.8, 4) is 17.2 Å². The number of ether oxygens (including phenoxy) is 1. The van der Waals surface area contributed by atoms with E-state index in [2.05, 4.69) is 10.1 Å². The van der Waals surface area contributed by atoms with Gasteiger partial charge in [0.15, 0.2) is 6.61 Å². The Morgan fingerprint density at radius 3 is 2.56 bits per heavy atom. The maximum atomic E-state index is 11.7. The van der Waals surface area contributed by atoms with E-state index in [9.17, 15) is 8.42 Å². The number of rotatable bonds is 5. The lowest BCUT2D eigenvalue weighted by molar-refractivity contribution is 0.287. The van der Waals surface area contributed by atoms with Crippen LogP contribution in [-0.4, -0.2) is 18.6 Å². The molecule has 25 heavy (non-hydrogen) atoms. The molecular weight excluding hydrogens is 342 g/mol. The van der Waals surface area contributed by atoms with Crippen LogP contribution in [-0.2, 0) is 16.6 Å². The molecule has 0 bridgehead atoms. The lowest BCUT2D eigenvalue weighted by atomic mass is 10.1. The summed E-state index contributed by atoms with van der Waals surface area (Å²) in [5.74, 6) is 1.26. The molecule has 1 aromatic heterocycles. The molecule has 3 rings (SSSR count). The first-order valence-electron chi connectivity index (χ1n) is 7.49. The number of sulfonamides is 1. The summed E-state index contributed by atoms with van der Waals surface area (Å²) < 4.78 is 34.3.